The molecule has 1 saturated carbocycles. The molecule has 0 spiro atoms. The second-order valence-electron chi connectivity index (χ2n) is 8.62. The normalized spacial score (nSPS) is 23.0. The van der Waals surface area contributed by atoms with Gasteiger partial charge in [-0.2, -0.15) is 11.8 Å². The van der Waals surface area contributed by atoms with Crippen LogP contribution in [0.3, 0.4) is 0 Å². The van der Waals surface area contributed by atoms with E-state index < -0.39 is 22.0 Å². The number of carbonyl (C=O) groups excluding carboxylic acids is 2. The van der Waals surface area contributed by atoms with E-state index in [1.165, 1.54) is 25.0 Å². The number of hydrogen-bond acceptors (Lipinski definition) is 6. The van der Waals surface area contributed by atoms with E-state index in [1.54, 1.807) is 19.9 Å². The summed E-state index contributed by atoms with van der Waals surface area (Å²) in [7, 11) is -3.92. The van der Waals surface area contributed by atoms with Gasteiger partial charge in [0.15, 0.2) is 0 Å². The summed E-state index contributed by atoms with van der Waals surface area (Å²) in [6.45, 7) is 5.98. The molecule has 2 aliphatic heterocycles. The number of nitrogens with zero attached hydrogens (tertiary/aromatic N) is 2. The monoisotopic (exact) mass is 451 g/mol. The standard InChI is InChI=1S/C21H29N3O4S2/c1-15(2)24-20(26)17-6-5-16(13-18(17)30(24,27)28)19(25)22-14-21(7-3-4-8-21)23-9-11-29-12-10-23/h5-6,13,15H,3-4,7-12,14H2,1-2H3,(H,22,25). The Morgan fingerprint density at radius 1 is 1.20 bits per heavy atom. The minimum Gasteiger partial charge on any atom is -0.350 e. The van der Waals surface area contributed by atoms with Crippen LogP contribution in [0.25, 0.3) is 0 Å². The highest BCUT2D eigenvalue weighted by Crippen LogP contribution is 2.36. The fourth-order valence-electron chi connectivity index (χ4n) is 4.92. The number of benzene rings is 1. The Morgan fingerprint density at radius 2 is 1.87 bits per heavy atom. The third kappa shape index (κ3) is 3.65. The summed E-state index contributed by atoms with van der Waals surface area (Å²) in [6, 6.07) is 3.88. The molecule has 1 aliphatic carbocycles. The quantitative estimate of drug-likeness (QED) is 0.739. The van der Waals surface area contributed by atoms with Crippen molar-refractivity contribution in [1.29, 1.82) is 0 Å². The molecule has 1 N–H and O–H groups in total. The van der Waals surface area contributed by atoms with Crippen LogP contribution >= 0.6 is 11.8 Å². The lowest BCUT2D eigenvalue weighted by Gasteiger charge is -2.43. The Balaban J connectivity index is 1.53. The molecule has 4 rings (SSSR count). The van der Waals surface area contributed by atoms with Gasteiger partial charge in [0.2, 0.25) is 0 Å². The first-order chi connectivity index (χ1) is 14.3. The van der Waals surface area contributed by atoms with E-state index >= 15 is 0 Å². The molecule has 1 saturated heterocycles. The van der Waals surface area contributed by atoms with Crippen molar-refractivity contribution in [3.8, 4) is 0 Å². The summed E-state index contributed by atoms with van der Waals surface area (Å²) in [5.74, 6) is 1.43. The molecular formula is C21H29N3O4S2. The first-order valence-corrected chi connectivity index (χ1v) is 13.2. The Kier molecular flexibility index (Phi) is 5.89. The fraction of sp³-hybridized carbons (Fsp3) is 0.619. The first kappa shape index (κ1) is 21.6. The van der Waals surface area contributed by atoms with E-state index in [1.807, 2.05) is 11.8 Å². The molecule has 3 aliphatic rings. The predicted molar refractivity (Wildman–Crippen MR) is 117 cm³/mol. The Bertz CT molecular complexity index is 949. The lowest BCUT2D eigenvalue weighted by atomic mass is 9.94. The summed E-state index contributed by atoms with van der Waals surface area (Å²) in [4.78, 5) is 27.9. The molecule has 2 amide bonds. The van der Waals surface area contributed by atoms with Crippen molar-refractivity contribution >= 4 is 33.6 Å². The molecule has 0 radical (unpaired) electrons. The number of hydrogen-bond donors (Lipinski definition) is 1. The van der Waals surface area contributed by atoms with E-state index in [-0.39, 0.29) is 27.5 Å². The van der Waals surface area contributed by atoms with Gasteiger partial charge in [-0.1, -0.05) is 12.8 Å². The first-order valence-electron chi connectivity index (χ1n) is 10.6. The molecule has 0 bridgehead atoms. The molecule has 9 heteroatoms. The van der Waals surface area contributed by atoms with Crippen molar-refractivity contribution in [3.05, 3.63) is 29.3 Å². The molecule has 7 nitrogen and oxygen atoms in total. The Hall–Kier alpha value is -1.58. The van der Waals surface area contributed by atoms with Gasteiger partial charge < -0.3 is 5.32 Å². The van der Waals surface area contributed by atoms with Crippen LogP contribution in [0.1, 0.15) is 60.2 Å². The van der Waals surface area contributed by atoms with Crippen LogP contribution < -0.4 is 5.32 Å². The van der Waals surface area contributed by atoms with Crippen LogP contribution in [0.4, 0.5) is 0 Å². The number of fused-ring (bicyclic) bond motifs is 1. The van der Waals surface area contributed by atoms with Crippen LogP contribution in [0.2, 0.25) is 0 Å². The summed E-state index contributed by atoms with van der Waals surface area (Å²) in [5, 5.41) is 3.06. The third-order valence-corrected chi connectivity index (χ3v) is 9.42. The number of amides is 2. The second-order valence-corrected chi connectivity index (χ2v) is 11.6. The van der Waals surface area contributed by atoms with Crippen LogP contribution in [0.15, 0.2) is 23.1 Å². The van der Waals surface area contributed by atoms with Crippen molar-refractivity contribution in [3.63, 3.8) is 0 Å². The highest BCUT2D eigenvalue weighted by Gasteiger charge is 2.43. The van der Waals surface area contributed by atoms with Gasteiger partial charge in [0.25, 0.3) is 21.8 Å². The average molecular weight is 452 g/mol. The summed E-state index contributed by atoms with van der Waals surface area (Å²) < 4.78 is 26.5. The van der Waals surface area contributed by atoms with Crippen LogP contribution in [0.5, 0.6) is 0 Å². The molecule has 1 aromatic carbocycles. The molecule has 0 aromatic heterocycles. The average Bonchev–Trinajstić information content (AvgIpc) is 3.28. The smallest absolute Gasteiger partial charge is 0.269 e. The van der Waals surface area contributed by atoms with Crippen molar-refractivity contribution in [2.24, 2.45) is 0 Å². The summed E-state index contributed by atoms with van der Waals surface area (Å²) in [6.07, 6.45) is 4.50. The van der Waals surface area contributed by atoms with Crippen molar-refractivity contribution in [2.75, 3.05) is 31.1 Å². The zero-order valence-corrected chi connectivity index (χ0v) is 19.2. The zero-order valence-electron chi connectivity index (χ0n) is 17.5. The number of thioether (sulfide) groups is 1. The molecular weight excluding hydrogens is 422 g/mol. The van der Waals surface area contributed by atoms with E-state index in [4.69, 9.17) is 0 Å². The number of rotatable bonds is 5. The number of carbonyl (C=O) groups is 2. The minimum atomic E-state index is -3.92. The topological polar surface area (TPSA) is 86.8 Å². The predicted octanol–water partition coefficient (Wildman–Crippen LogP) is 2.33. The molecule has 30 heavy (non-hydrogen) atoms. The maximum atomic E-state index is 12.9. The van der Waals surface area contributed by atoms with Gasteiger partial charge in [0, 0.05) is 48.3 Å². The fourth-order valence-corrected chi connectivity index (χ4v) is 7.62. The molecule has 1 aromatic rings. The van der Waals surface area contributed by atoms with E-state index in [0.717, 1.165) is 41.7 Å². The maximum Gasteiger partial charge on any atom is 0.269 e. The Labute approximate surface area is 182 Å². The van der Waals surface area contributed by atoms with Crippen LogP contribution in [-0.2, 0) is 10.0 Å². The van der Waals surface area contributed by atoms with Crippen molar-refractivity contribution in [2.45, 2.75) is 56.0 Å². The highest BCUT2D eigenvalue weighted by molar-refractivity contribution is 7.99. The zero-order chi connectivity index (χ0) is 21.5. The SMILES string of the molecule is CC(C)N1C(=O)c2ccc(C(=O)NCC3(N4CCSCC4)CCCC3)cc2S1(=O)=O. The molecule has 0 atom stereocenters. The number of sulfonamides is 1. The van der Waals surface area contributed by atoms with E-state index in [2.05, 4.69) is 10.2 Å². The van der Waals surface area contributed by atoms with E-state index in [9.17, 15) is 18.0 Å². The maximum absolute atomic E-state index is 12.9. The van der Waals surface area contributed by atoms with Gasteiger partial charge in [0.05, 0.1) is 5.56 Å². The highest BCUT2D eigenvalue weighted by atomic mass is 32.2. The van der Waals surface area contributed by atoms with Crippen molar-refractivity contribution < 1.29 is 18.0 Å². The number of nitrogens with one attached hydrogen (secondary N) is 1. The summed E-state index contributed by atoms with van der Waals surface area (Å²) in [5.41, 5.74) is 0.417. The summed E-state index contributed by atoms with van der Waals surface area (Å²) >= 11 is 1.97. The van der Waals surface area contributed by atoms with Gasteiger partial charge >= 0.3 is 0 Å². The molecule has 0 unspecified atom stereocenters. The lowest BCUT2D eigenvalue weighted by Crippen LogP contribution is -2.56. The van der Waals surface area contributed by atoms with Crippen LogP contribution in [-0.4, -0.2) is 72.2 Å². The third-order valence-electron chi connectivity index (χ3n) is 6.47. The molecule has 2 fully saturated rings. The van der Waals surface area contributed by atoms with Crippen molar-refractivity contribution in [1.82, 2.24) is 14.5 Å². The Morgan fingerprint density at radius 3 is 2.50 bits per heavy atom. The van der Waals surface area contributed by atoms with Gasteiger partial charge in [-0.3, -0.25) is 14.5 Å². The second kappa shape index (κ2) is 8.16. The van der Waals surface area contributed by atoms with Crippen LogP contribution in [0, 0.1) is 0 Å². The molecule has 2 heterocycles. The van der Waals surface area contributed by atoms with Gasteiger partial charge in [-0.05, 0) is 44.9 Å². The molecule has 164 valence electrons. The lowest BCUT2D eigenvalue weighted by molar-refractivity contribution is 0.0815. The largest absolute Gasteiger partial charge is 0.350 e. The van der Waals surface area contributed by atoms with Gasteiger partial charge in [-0.25, -0.2) is 12.7 Å². The minimum absolute atomic E-state index is 0.00382. The van der Waals surface area contributed by atoms with E-state index in [0.29, 0.717) is 6.54 Å². The van der Waals surface area contributed by atoms with Gasteiger partial charge in [0.1, 0.15) is 4.90 Å². The van der Waals surface area contributed by atoms with Gasteiger partial charge in [-0.15, -0.1) is 0 Å².